The molecule has 4 amide bonds. The van der Waals surface area contributed by atoms with Gasteiger partial charge in [0.05, 0.1) is 70.1 Å². The van der Waals surface area contributed by atoms with Gasteiger partial charge in [-0.2, -0.15) is 52.7 Å². The van der Waals surface area contributed by atoms with Crippen LogP contribution < -0.4 is 40.9 Å². The van der Waals surface area contributed by atoms with Crippen molar-refractivity contribution < 1.29 is 107 Å². The van der Waals surface area contributed by atoms with Gasteiger partial charge in [0.1, 0.15) is 84.6 Å². The highest BCUT2D eigenvalue weighted by Gasteiger charge is 2.46. The van der Waals surface area contributed by atoms with Crippen LogP contribution in [0.4, 0.5) is 84.7 Å². The van der Waals surface area contributed by atoms with Crippen LogP contribution in [0.15, 0.2) is 136 Å². The van der Waals surface area contributed by atoms with Crippen molar-refractivity contribution >= 4 is 137 Å². The Morgan fingerprint density at radius 2 is 0.674 bits per heavy atom. The van der Waals surface area contributed by atoms with Crippen molar-refractivity contribution in [3.05, 3.63) is 168 Å². The lowest BCUT2D eigenvalue weighted by Crippen LogP contribution is -2.46. The number of aromatic nitrogens is 16. The van der Waals surface area contributed by atoms with Gasteiger partial charge in [-0.3, -0.25) is 19.2 Å². The highest BCUT2D eigenvalue weighted by atomic mass is 35.5. The Morgan fingerprint density at radius 3 is 0.947 bits per heavy atom. The van der Waals surface area contributed by atoms with Gasteiger partial charge in [-0.15, -0.1) is 13.2 Å². The van der Waals surface area contributed by atoms with Crippen molar-refractivity contribution in [1.82, 2.24) is 101 Å². The average molecular weight is 1950 g/mol. The molecular weight excluding hydrogens is 1860 g/mol. The third kappa shape index (κ3) is 24.5. The second-order valence-electron chi connectivity index (χ2n) is 29.8. The number of hydrogen-bond donors (Lipinski definition) is 8. The Bertz CT molecular complexity index is 6160. The molecule has 32 nitrogen and oxygen atoms in total. The molecule has 12 aromatic heterocycles. The maximum absolute atomic E-state index is 14.9. The lowest BCUT2D eigenvalue weighted by Gasteiger charge is -2.25. The Hall–Kier alpha value is -12.3. The molecule has 16 heterocycles. The number of fused-ring (bicyclic) bond motifs is 4. The summed E-state index contributed by atoms with van der Waals surface area (Å²) in [7, 11) is 0. The summed E-state index contributed by atoms with van der Waals surface area (Å²) in [5, 5.41) is 11.9. The van der Waals surface area contributed by atoms with Crippen molar-refractivity contribution in [3.8, 4) is 45.6 Å². The van der Waals surface area contributed by atoms with Crippen LogP contribution in [-0.2, 0) is 38.1 Å². The number of carbonyl (C=O) groups is 4. The summed E-state index contributed by atoms with van der Waals surface area (Å²) in [6.07, 6.45) is 1.26. The molecule has 0 aliphatic carbocycles. The molecule has 132 heavy (non-hydrogen) atoms. The summed E-state index contributed by atoms with van der Waals surface area (Å²) < 4.78 is 203. The van der Waals surface area contributed by atoms with Crippen molar-refractivity contribution in [2.24, 2.45) is 0 Å². The van der Waals surface area contributed by atoms with E-state index < -0.39 is 123 Å². The van der Waals surface area contributed by atoms with E-state index in [9.17, 15) is 80.6 Å². The SMILES string of the molecule is C=CCOC1C[C@@H](C(=O)NCC(F)(F)F)N(c2ccnc(-c3c[nH]c4ncc(Cl)cc34)n2)C1.C=CCOC1C[C@@H](C(=O)NCC(F)(F)F)N(c2nc(-c3c[nH]c4ncc(Cl)cc34)ncc2F)C1.CCOC1C[C@@H](C(=O)NCC(F)(F)F)N(c2ccnc(-c3c[nH]c4ncc(Cl)cc34)n2)C1.CCOC1C[C@@H](C(=O)NCC(F)(F)F)N(c2nc(-c3c[nH]c4ncc(Cl)cc34)ncc2F)C1.[HH].[HH].[HH].[HH].[HH]. The maximum Gasteiger partial charge on any atom is 0.405 e. The second-order valence-corrected chi connectivity index (χ2v) is 31.6. The number of alkyl halides is 12. The Morgan fingerprint density at radius 1 is 0.409 bits per heavy atom. The average Bonchev–Trinajstić information content (AvgIpc) is 1.64. The summed E-state index contributed by atoms with van der Waals surface area (Å²) in [5.74, 6) is -3.60. The quantitative estimate of drug-likeness (QED) is 0.0184. The Labute approximate surface area is 766 Å². The van der Waals surface area contributed by atoms with Crippen molar-refractivity contribution in [2.45, 2.75) is 113 Å². The summed E-state index contributed by atoms with van der Waals surface area (Å²) >= 11 is 24.2. The van der Waals surface area contributed by atoms with Gasteiger partial charge in [0.25, 0.3) is 0 Å². The fraction of sp³-hybridized carbons (Fsp3) is 0.366. The first-order chi connectivity index (χ1) is 62.8. The molecule has 4 saturated heterocycles. The Balaban J connectivity index is 0.000000222. The third-order valence-electron chi connectivity index (χ3n) is 20.6. The number of carbonyl (C=O) groups excluding carboxylic acids is 4. The van der Waals surface area contributed by atoms with Crippen LogP contribution in [0.5, 0.6) is 0 Å². The molecule has 8 atom stereocenters. The molecular formula is C82H88Cl4F14N24O8. The van der Waals surface area contributed by atoms with Gasteiger partial charge >= 0.3 is 24.7 Å². The predicted molar refractivity (Wildman–Crippen MR) is 469 cm³/mol. The number of anilines is 4. The molecule has 4 fully saturated rings. The van der Waals surface area contributed by atoms with Crippen LogP contribution in [0.25, 0.3) is 89.7 Å². The molecule has 8 N–H and O–H groups in total. The van der Waals surface area contributed by atoms with Crippen LogP contribution in [0.1, 0.15) is 46.7 Å². The van der Waals surface area contributed by atoms with Crippen molar-refractivity contribution in [3.63, 3.8) is 0 Å². The summed E-state index contributed by atoms with van der Waals surface area (Å²) in [6.45, 7) is 6.80. The highest BCUT2D eigenvalue weighted by molar-refractivity contribution is 6.32. The van der Waals surface area contributed by atoms with Crippen LogP contribution in [0, 0.1) is 11.6 Å². The molecule has 0 aromatic carbocycles. The van der Waals surface area contributed by atoms with Gasteiger partial charge in [0.15, 0.2) is 46.6 Å². The molecule has 0 saturated carbocycles. The van der Waals surface area contributed by atoms with Gasteiger partial charge in [-0.1, -0.05) is 58.6 Å². The van der Waals surface area contributed by atoms with Crippen LogP contribution in [0.3, 0.4) is 0 Å². The zero-order chi connectivity index (χ0) is 94.7. The zero-order valence-electron chi connectivity index (χ0n) is 69.1. The molecule has 16 rings (SSSR count). The normalized spacial score (nSPS) is 18.7. The van der Waals surface area contributed by atoms with E-state index in [1.54, 1.807) is 84.0 Å². The van der Waals surface area contributed by atoms with E-state index in [4.69, 9.17) is 65.4 Å². The number of hydrogen-bond acceptors (Lipinski definition) is 24. The summed E-state index contributed by atoms with van der Waals surface area (Å²) in [6, 6.07) is 6.01. The minimum atomic E-state index is -4.59. The molecule has 0 bridgehead atoms. The number of nitrogens with one attached hydrogen (secondary N) is 8. The minimum Gasteiger partial charge on any atom is -0.377 e. The van der Waals surface area contributed by atoms with E-state index >= 15 is 0 Å². The number of amides is 4. The fourth-order valence-electron chi connectivity index (χ4n) is 15.0. The minimum absolute atomic E-state index is 0. The number of H-pyrrole nitrogens is 4. The zero-order valence-corrected chi connectivity index (χ0v) is 72.1. The van der Waals surface area contributed by atoms with E-state index in [1.807, 2.05) is 28.2 Å². The number of ether oxygens (including phenoxy) is 4. The van der Waals surface area contributed by atoms with Gasteiger partial charge in [0, 0.05) is 178 Å². The number of aromatic amines is 4. The standard InChI is InChI=1S/C21H19ClF4N6O2.C21H20ClF3N6O2.C20H19ClF4N6O2.C20H20ClF3N6O2.5H2/c1-2-3-34-12-5-16(20(33)30-10-21(24,25)26)32(9-12)19-15(23)8-29-18(31-19)14-7-28-17-13(14)4-11(22)6-27-17;1-2-5-33-13-7-16(20(32)29-11-21(23,24)25)31(10-13)17-3-4-26-19(30-17)15-9-28-18-14(15)6-12(22)8-27-18;1-2-33-11-4-15(19(32)29-9-20(23,24)25)31(8-11)18-14(22)7-28-17(30-18)13-6-27-16-12(13)3-10(21)5-26-16;1-2-32-12-6-15(19(31)28-10-20(22,23)24)30(9-12)16-3-4-25-18(29-16)14-8-27-17-13(14)5-11(21)7-26-17;;;;;/h2,4,6-8,12,16H,1,3,5,9-10H2,(H,27,28)(H,30,33);2-4,6,8-9,13,16H,1,5,7,10-11H2,(H,27,28)(H,29,32);3,5-7,11,15H,2,4,8-9H2,1H3,(H,26,27)(H,29,32);3-5,7-8,12,15H,2,6,9-10H2,1H3,(H,26,27)(H,28,31);5*1H/t12?,16-;13?,16-;11?,15-;12?,15-;;;;;/m0000...../s1. The van der Waals surface area contributed by atoms with Crippen molar-refractivity contribution in [2.75, 3.05) is 98.4 Å². The molecule has 0 spiro atoms. The fourth-order valence-corrected chi connectivity index (χ4v) is 15.7. The predicted octanol–water partition coefficient (Wildman–Crippen LogP) is 15.2. The van der Waals surface area contributed by atoms with Gasteiger partial charge in [-0.05, 0) is 50.2 Å². The highest BCUT2D eigenvalue weighted by Crippen LogP contribution is 2.39. The number of nitrogens with zero attached hydrogens (tertiary/aromatic N) is 16. The van der Waals surface area contributed by atoms with E-state index in [2.05, 4.69) is 92.9 Å². The molecule has 710 valence electrons. The molecule has 4 aliphatic rings. The van der Waals surface area contributed by atoms with Gasteiger partial charge in [-0.25, -0.2) is 68.6 Å². The first-order valence-electron chi connectivity index (χ1n) is 40.2. The molecule has 4 aliphatic heterocycles. The lowest BCUT2D eigenvalue weighted by molar-refractivity contribution is -0.139. The number of pyridine rings is 4. The van der Waals surface area contributed by atoms with E-state index in [0.29, 0.717) is 124 Å². The van der Waals surface area contributed by atoms with E-state index in [-0.39, 0.29) is 101 Å². The Kier molecular flexibility index (Phi) is 31.0. The van der Waals surface area contributed by atoms with E-state index in [1.165, 1.54) is 53.1 Å². The maximum atomic E-state index is 14.9. The largest absolute Gasteiger partial charge is 0.405 e. The molecule has 12 aromatic rings. The summed E-state index contributed by atoms with van der Waals surface area (Å²) in [5.41, 5.74) is 4.55. The van der Waals surface area contributed by atoms with Crippen molar-refractivity contribution in [1.29, 1.82) is 0 Å². The van der Waals surface area contributed by atoms with Crippen LogP contribution >= 0.6 is 46.4 Å². The monoisotopic (exact) mass is 1940 g/mol. The van der Waals surface area contributed by atoms with Gasteiger partial charge < -0.3 is 79.8 Å². The molecule has 0 radical (unpaired) electrons. The van der Waals surface area contributed by atoms with Crippen LogP contribution in [0.2, 0.25) is 20.1 Å². The molecule has 4 unspecified atom stereocenters. The first kappa shape index (κ1) is 97.2. The third-order valence-corrected chi connectivity index (χ3v) is 21.5. The summed E-state index contributed by atoms with van der Waals surface area (Å²) in [4.78, 5) is 119. The smallest absolute Gasteiger partial charge is 0.377 e. The topological polar surface area (TPSA) is 384 Å². The first-order valence-corrected chi connectivity index (χ1v) is 41.7. The lowest BCUT2D eigenvalue weighted by atomic mass is 10.2. The molecule has 50 heteroatoms. The van der Waals surface area contributed by atoms with Crippen LogP contribution in [-0.4, -0.2) is 255 Å². The van der Waals surface area contributed by atoms with E-state index in [0.717, 1.165) is 17.8 Å². The van der Waals surface area contributed by atoms with Gasteiger partial charge in [0.2, 0.25) is 23.6 Å². The number of rotatable bonds is 26. The number of halogens is 18. The second kappa shape index (κ2) is 42.0.